The van der Waals surface area contributed by atoms with Gasteiger partial charge in [-0.2, -0.15) is 0 Å². The van der Waals surface area contributed by atoms with Gasteiger partial charge in [0.15, 0.2) is 0 Å². The molecule has 100 valence electrons. The van der Waals surface area contributed by atoms with E-state index >= 15 is 0 Å². The lowest BCUT2D eigenvalue weighted by atomic mass is 9.84. The number of hydrogen-bond donors (Lipinski definition) is 1. The summed E-state index contributed by atoms with van der Waals surface area (Å²) in [6.45, 7) is 10.8. The third-order valence-corrected chi connectivity index (χ3v) is 5.26. The van der Waals surface area contributed by atoms with Crippen LogP contribution in [0.3, 0.4) is 0 Å². The summed E-state index contributed by atoms with van der Waals surface area (Å²) in [5.41, 5.74) is 0.404. The van der Waals surface area contributed by atoms with Crippen LogP contribution in [0.5, 0.6) is 0 Å². The zero-order chi connectivity index (χ0) is 12.3. The van der Waals surface area contributed by atoms with Crippen molar-refractivity contribution >= 4 is 0 Å². The number of rotatable bonds is 3. The van der Waals surface area contributed by atoms with Crippen LogP contribution in [0.15, 0.2) is 0 Å². The fourth-order valence-corrected chi connectivity index (χ4v) is 3.63. The van der Waals surface area contributed by atoms with Gasteiger partial charge in [0.2, 0.25) is 0 Å². The lowest BCUT2D eigenvalue weighted by Gasteiger charge is -2.47. The van der Waals surface area contributed by atoms with E-state index < -0.39 is 0 Å². The van der Waals surface area contributed by atoms with Gasteiger partial charge in [-0.25, -0.2) is 0 Å². The average Bonchev–Trinajstić information content (AvgIpc) is 2.39. The molecule has 0 bridgehead atoms. The summed E-state index contributed by atoms with van der Waals surface area (Å²) in [4.78, 5) is 2.79. The molecule has 1 aliphatic heterocycles. The fourth-order valence-electron chi connectivity index (χ4n) is 3.63. The van der Waals surface area contributed by atoms with Crippen molar-refractivity contribution in [3.63, 3.8) is 0 Å². The van der Waals surface area contributed by atoms with Crippen molar-refractivity contribution < 1.29 is 0 Å². The maximum absolute atomic E-state index is 3.77. The van der Waals surface area contributed by atoms with Gasteiger partial charge in [0.05, 0.1) is 0 Å². The molecule has 2 aliphatic rings. The van der Waals surface area contributed by atoms with Crippen molar-refractivity contribution in [2.45, 2.75) is 70.9 Å². The van der Waals surface area contributed by atoms with E-state index in [4.69, 9.17) is 0 Å². The third-order valence-electron chi connectivity index (χ3n) is 5.26. The van der Waals surface area contributed by atoms with Crippen molar-refractivity contribution in [2.24, 2.45) is 5.92 Å². The summed E-state index contributed by atoms with van der Waals surface area (Å²) in [5.74, 6) is 0.969. The van der Waals surface area contributed by atoms with E-state index in [-0.39, 0.29) is 0 Å². The second-order valence-corrected chi connectivity index (χ2v) is 6.30. The van der Waals surface area contributed by atoms with Crippen LogP contribution in [0.4, 0.5) is 0 Å². The van der Waals surface area contributed by atoms with Crippen LogP contribution in [-0.2, 0) is 0 Å². The normalized spacial score (nSPS) is 34.8. The highest BCUT2D eigenvalue weighted by Gasteiger charge is 2.35. The summed E-state index contributed by atoms with van der Waals surface area (Å²) < 4.78 is 0. The number of piperazine rings is 1. The highest BCUT2D eigenvalue weighted by molar-refractivity contribution is 4.95. The van der Waals surface area contributed by atoms with Crippen LogP contribution in [-0.4, -0.2) is 36.1 Å². The molecule has 1 aliphatic carbocycles. The molecule has 0 amide bonds. The van der Waals surface area contributed by atoms with Crippen LogP contribution < -0.4 is 5.32 Å². The lowest BCUT2D eigenvalue weighted by molar-refractivity contribution is 0.0623. The third kappa shape index (κ3) is 3.03. The van der Waals surface area contributed by atoms with Crippen molar-refractivity contribution in [2.75, 3.05) is 19.6 Å². The highest BCUT2D eigenvalue weighted by Crippen LogP contribution is 2.30. The van der Waals surface area contributed by atoms with Gasteiger partial charge in [0, 0.05) is 31.2 Å². The molecule has 2 rings (SSSR count). The molecular formula is C15H30N2. The molecule has 0 aromatic carbocycles. The van der Waals surface area contributed by atoms with Crippen LogP contribution in [0, 0.1) is 5.92 Å². The van der Waals surface area contributed by atoms with Crippen molar-refractivity contribution in [3.05, 3.63) is 0 Å². The molecule has 2 heteroatoms. The van der Waals surface area contributed by atoms with Gasteiger partial charge in [0.25, 0.3) is 0 Å². The Kier molecular flexibility index (Phi) is 4.48. The minimum atomic E-state index is 0.404. The summed E-state index contributed by atoms with van der Waals surface area (Å²) in [5, 5.41) is 3.77. The number of nitrogens with zero attached hydrogens (tertiary/aromatic N) is 1. The van der Waals surface area contributed by atoms with Crippen LogP contribution in [0.1, 0.15) is 59.3 Å². The minimum Gasteiger partial charge on any atom is -0.309 e. The fraction of sp³-hybridized carbons (Fsp3) is 1.00. The molecule has 0 atom stereocenters. The van der Waals surface area contributed by atoms with E-state index in [2.05, 4.69) is 31.0 Å². The van der Waals surface area contributed by atoms with Crippen LogP contribution in [0.2, 0.25) is 0 Å². The maximum atomic E-state index is 3.77. The highest BCUT2D eigenvalue weighted by atomic mass is 15.2. The van der Waals surface area contributed by atoms with Gasteiger partial charge < -0.3 is 5.32 Å². The van der Waals surface area contributed by atoms with Crippen LogP contribution >= 0.6 is 0 Å². The van der Waals surface area contributed by atoms with Gasteiger partial charge in [-0.15, -0.1) is 0 Å². The second-order valence-electron chi connectivity index (χ2n) is 6.30. The predicted molar refractivity (Wildman–Crippen MR) is 74.3 cm³/mol. The summed E-state index contributed by atoms with van der Waals surface area (Å²) in [7, 11) is 0. The van der Waals surface area contributed by atoms with Gasteiger partial charge in [0.1, 0.15) is 0 Å². The SMILES string of the molecule is CCC1(CC)CN(C2CCC(C)CC2)CCN1. The van der Waals surface area contributed by atoms with Crippen LogP contribution in [0.25, 0.3) is 0 Å². The number of hydrogen-bond acceptors (Lipinski definition) is 2. The second kappa shape index (κ2) is 5.71. The molecule has 2 fully saturated rings. The summed E-state index contributed by atoms with van der Waals surface area (Å²) in [6, 6.07) is 0.880. The quantitative estimate of drug-likeness (QED) is 0.813. The Bertz CT molecular complexity index is 227. The lowest BCUT2D eigenvalue weighted by Crippen LogP contribution is -2.62. The van der Waals surface area contributed by atoms with Crippen molar-refractivity contribution in [3.8, 4) is 0 Å². The average molecular weight is 238 g/mol. The molecule has 0 unspecified atom stereocenters. The largest absolute Gasteiger partial charge is 0.309 e. The summed E-state index contributed by atoms with van der Waals surface area (Å²) in [6.07, 6.45) is 8.29. The molecule has 17 heavy (non-hydrogen) atoms. The molecule has 1 N–H and O–H groups in total. The molecule has 0 radical (unpaired) electrons. The van der Waals surface area contributed by atoms with Crippen molar-refractivity contribution in [1.82, 2.24) is 10.2 Å². The Labute approximate surface area is 107 Å². The Hall–Kier alpha value is -0.0800. The molecule has 0 spiro atoms. The van der Waals surface area contributed by atoms with Gasteiger partial charge in [-0.1, -0.05) is 20.8 Å². The van der Waals surface area contributed by atoms with Gasteiger partial charge in [-0.3, -0.25) is 4.90 Å². The molecule has 2 nitrogen and oxygen atoms in total. The predicted octanol–water partition coefficient (Wildman–Crippen LogP) is 3.03. The molecule has 0 aromatic rings. The zero-order valence-corrected chi connectivity index (χ0v) is 12.0. The first-order valence-corrected chi connectivity index (χ1v) is 7.68. The van der Waals surface area contributed by atoms with E-state index in [1.165, 1.54) is 58.2 Å². The Balaban J connectivity index is 1.92. The Morgan fingerprint density at radius 2 is 1.76 bits per heavy atom. The minimum absolute atomic E-state index is 0.404. The number of nitrogens with one attached hydrogen (secondary N) is 1. The van der Waals surface area contributed by atoms with Gasteiger partial charge >= 0.3 is 0 Å². The molecule has 1 heterocycles. The molecule has 0 aromatic heterocycles. The monoisotopic (exact) mass is 238 g/mol. The van der Waals surface area contributed by atoms with E-state index in [9.17, 15) is 0 Å². The smallest absolute Gasteiger partial charge is 0.0304 e. The summed E-state index contributed by atoms with van der Waals surface area (Å²) >= 11 is 0. The molecule has 1 saturated heterocycles. The maximum Gasteiger partial charge on any atom is 0.0304 e. The first kappa shape index (κ1) is 13.4. The van der Waals surface area contributed by atoms with Crippen molar-refractivity contribution in [1.29, 1.82) is 0 Å². The van der Waals surface area contributed by atoms with E-state index in [0.717, 1.165) is 12.0 Å². The molecule has 1 saturated carbocycles. The first-order valence-electron chi connectivity index (χ1n) is 7.68. The first-order chi connectivity index (χ1) is 8.19. The van der Waals surface area contributed by atoms with E-state index in [1.807, 2.05) is 0 Å². The topological polar surface area (TPSA) is 15.3 Å². The molecular weight excluding hydrogens is 208 g/mol. The standard InChI is InChI=1S/C15H30N2/c1-4-15(5-2)12-17(11-10-16-15)14-8-6-13(3)7-9-14/h13-14,16H,4-12H2,1-3H3. The Morgan fingerprint density at radius 1 is 1.12 bits per heavy atom. The van der Waals surface area contributed by atoms with E-state index in [1.54, 1.807) is 0 Å². The zero-order valence-electron chi connectivity index (χ0n) is 12.0. The van der Waals surface area contributed by atoms with Gasteiger partial charge in [-0.05, 0) is 44.4 Å². The Morgan fingerprint density at radius 3 is 2.35 bits per heavy atom. The van der Waals surface area contributed by atoms with E-state index in [0.29, 0.717) is 5.54 Å².